The van der Waals surface area contributed by atoms with E-state index in [0.29, 0.717) is 17.2 Å². The van der Waals surface area contributed by atoms with Gasteiger partial charge < -0.3 is 25.4 Å². The second-order valence-electron chi connectivity index (χ2n) is 4.34. The van der Waals surface area contributed by atoms with Crippen molar-refractivity contribution in [1.29, 1.82) is 0 Å². The number of ether oxygens (including phenoxy) is 2. The van der Waals surface area contributed by atoms with Gasteiger partial charge in [0.15, 0.2) is 5.11 Å². The van der Waals surface area contributed by atoms with Crippen LogP contribution in [0.3, 0.4) is 0 Å². The number of nitrogens with one attached hydrogen (secondary N) is 3. The van der Waals surface area contributed by atoms with Crippen molar-refractivity contribution in [1.82, 2.24) is 10.6 Å². The highest BCUT2D eigenvalue weighted by Crippen LogP contribution is 2.30. The molecule has 0 saturated carbocycles. The van der Waals surface area contributed by atoms with Crippen LogP contribution in [0, 0.1) is 0 Å². The molecule has 3 N–H and O–H groups in total. The third-order valence-corrected chi connectivity index (χ3v) is 3.48. The maximum Gasteiger partial charge on any atom is 0.228 e. The maximum absolute atomic E-state index is 11.2. The number of carbonyl (C=O) groups is 1. The minimum atomic E-state index is -1.80. The average molecular weight is 401 g/mol. The molecular formula is C13H16Cl3N3O3S. The van der Waals surface area contributed by atoms with Gasteiger partial charge in [0.25, 0.3) is 0 Å². The molecule has 1 unspecified atom stereocenters. The van der Waals surface area contributed by atoms with Crippen molar-refractivity contribution in [3.05, 3.63) is 18.2 Å². The fraction of sp³-hybridized carbons (Fsp3) is 0.385. The first-order valence-corrected chi connectivity index (χ1v) is 7.85. The van der Waals surface area contributed by atoms with Gasteiger partial charge in [0.1, 0.15) is 17.7 Å². The lowest BCUT2D eigenvalue weighted by molar-refractivity contribution is -0.119. The van der Waals surface area contributed by atoms with Gasteiger partial charge in [-0.25, -0.2) is 0 Å². The largest absolute Gasteiger partial charge is 0.497 e. The summed E-state index contributed by atoms with van der Waals surface area (Å²) >= 11 is 22.6. The van der Waals surface area contributed by atoms with E-state index < -0.39 is 9.96 Å². The number of thiocarbonyl (C=S) groups is 1. The zero-order valence-corrected chi connectivity index (χ0v) is 15.7. The van der Waals surface area contributed by atoms with Crippen molar-refractivity contribution in [2.45, 2.75) is 16.9 Å². The van der Waals surface area contributed by atoms with Gasteiger partial charge in [0, 0.05) is 13.0 Å². The molecule has 1 amide bonds. The van der Waals surface area contributed by atoms with Gasteiger partial charge in [-0.15, -0.1) is 0 Å². The second-order valence-corrected chi connectivity index (χ2v) is 7.12. The molecule has 0 aliphatic carbocycles. The normalized spacial score (nSPS) is 12.1. The summed E-state index contributed by atoms with van der Waals surface area (Å²) in [6, 6.07) is 5.14. The number of rotatable bonds is 5. The molecule has 1 aromatic carbocycles. The molecule has 23 heavy (non-hydrogen) atoms. The van der Waals surface area contributed by atoms with Crippen LogP contribution in [0.5, 0.6) is 11.5 Å². The Kier molecular flexibility index (Phi) is 7.47. The zero-order chi connectivity index (χ0) is 17.6. The van der Waals surface area contributed by atoms with Crippen molar-refractivity contribution >= 4 is 63.7 Å². The summed E-state index contributed by atoms with van der Waals surface area (Å²) in [5.41, 5.74) is 0.551. The molecule has 1 rings (SSSR count). The predicted molar refractivity (Wildman–Crippen MR) is 96.8 cm³/mol. The molecule has 0 aliphatic heterocycles. The molecule has 0 aromatic heterocycles. The first-order valence-electron chi connectivity index (χ1n) is 6.30. The Labute approximate surface area is 154 Å². The Morgan fingerprint density at radius 3 is 2.35 bits per heavy atom. The second kappa shape index (κ2) is 8.63. The molecule has 0 bridgehead atoms. The number of benzene rings is 1. The first-order chi connectivity index (χ1) is 10.7. The molecular weight excluding hydrogens is 385 g/mol. The van der Waals surface area contributed by atoms with Crippen LogP contribution in [0.25, 0.3) is 0 Å². The lowest BCUT2D eigenvalue weighted by Crippen LogP contribution is -2.55. The van der Waals surface area contributed by atoms with Gasteiger partial charge in [0.05, 0.1) is 19.9 Å². The Hall–Kier alpha value is -1.15. The van der Waals surface area contributed by atoms with E-state index in [9.17, 15) is 4.79 Å². The molecule has 128 valence electrons. The van der Waals surface area contributed by atoms with Gasteiger partial charge >= 0.3 is 0 Å². The van der Waals surface area contributed by atoms with Crippen LogP contribution >= 0.6 is 47.0 Å². The number of methoxy groups -OCH3 is 2. The van der Waals surface area contributed by atoms with Crippen LogP contribution in [0.1, 0.15) is 6.92 Å². The van der Waals surface area contributed by atoms with Crippen LogP contribution < -0.4 is 25.4 Å². The van der Waals surface area contributed by atoms with Crippen LogP contribution in [-0.4, -0.2) is 35.2 Å². The smallest absolute Gasteiger partial charge is 0.228 e. The van der Waals surface area contributed by atoms with Gasteiger partial charge in [-0.3, -0.25) is 4.79 Å². The summed E-state index contributed by atoms with van der Waals surface area (Å²) in [7, 11) is 3.06. The molecule has 10 heteroatoms. The lowest BCUT2D eigenvalue weighted by atomic mass is 10.2. The summed E-state index contributed by atoms with van der Waals surface area (Å²) in [5, 5.41) is 8.21. The molecule has 0 fully saturated rings. The molecule has 0 aliphatic rings. The van der Waals surface area contributed by atoms with E-state index in [2.05, 4.69) is 16.0 Å². The van der Waals surface area contributed by atoms with Gasteiger partial charge in [-0.1, -0.05) is 34.8 Å². The zero-order valence-electron chi connectivity index (χ0n) is 12.6. The van der Waals surface area contributed by atoms with Crippen molar-refractivity contribution in [2.75, 3.05) is 19.5 Å². The highest BCUT2D eigenvalue weighted by Gasteiger charge is 2.34. The summed E-state index contributed by atoms with van der Waals surface area (Å²) < 4.78 is 8.58. The van der Waals surface area contributed by atoms with Crippen LogP contribution in [0.2, 0.25) is 0 Å². The van der Waals surface area contributed by atoms with Crippen LogP contribution in [0.15, 0.2) is 18.2 Å². The molecule has 1 atom stereocenters. The van der Waals surface area contributed by atoms with E-state index in [0.717, 1.165) is 0 Å². The van der Waals surface area contributed by atoms with Crippen LogP contribution in [0.4, 0.5) is 5.69 Å². The molecule has 0 saturated heterocycles. The van der Waals surface area contributed by atoms with Crippen LogP contribution in [-0.2, 0) is 4.79 Å². The number of hydrogen-bond donors (Lipinski definition) is 3. The highest BCUT2D eigenvalue weighted by atomic mass is 35.6. The van der Waals surface area contributed by atoms with E-state index in [4.69, 9.17) is 56.5 Å². The molecule has 0 heterocycles. The van der Waals surface area contributed by atoms with Gasteiger partial charge in [0.2, 0.25) is 9.70 Å². The van der Waals surface area contributed by atoms with E-state index in [1.165, 1.54) is 21.1 Å². The molecule has 6 nitrogen and oxygen atoms in total. The topological polar surface area (TPSA) is 71.6 Å². The Morgan fingerprint density at radius 2 is 1.87 bits per heavy atom. The molecule has 0 spiro atoms. The van der Waals surface area contributed by atoms with Crippen molar-refractivity contribution in [2.24, 2.45) is 0 Å². The van der Waals surface area contributed by atoms with Gasteiger partial charge in [-0.2, -0.15) is 0 Å². The highest BCUT2D eigenvalue weighted by molar-refractivity contribution is 7.80. The fourth-order valence-corrected chi connectivity index (χ4v) is 2.16. The number of anilines is 1. The fourth-order valence-electron chi connectivity index (χ4n) is 1.60. The minimum absolute atomic E-state index is 0.127. The standard InChI is InChI=1S/C13H16Cl3N3O3S/c1-7(20)17-11(13(14,15)16)19-12(23)18-9-6-8(21-2)4-5-10(9)22-3/h4-6,11H,1-3H3,(H,17,20)(H2,18,19,23). The van der Waals surface area contributed by atoms with E-state index >= 15 is 0 Å². The number of hydrogen-bond acceptors (Lipinski definition) is 4. The summed E-state index contributed by atoms with van der Waals surface area (Å²) in [6.07, 6.45) is -1.01. The molecule has 0 radical (unpaired) electrons. The van der Waals surface area contributed by atoms with Gasteiger partial charge in [-0.05, 0) is 24.4 Å². The Balaban J connectivity index is 2.87. The summed E-state index contributed by atoms with van der Waals surface area (Å²) in [5.74, 6) is 0.770. The number of halogens is 3. The Morgan fingerprint density at radius 1 is 1.22 bits per heavy atom. The molecule has 1 aromatic rings. The third-order valence-electron chi connectivity index (χ3n) is 2.61. The lowest BCUT2D eigenvalue weighted by Gasteiger charge is -2.27. The van der Waals surface area contributed by atoms with Crippen molar-refractivity contribution in [3.8, 4) is 11.5 Å². The monoisotopic (exact) mass is 399 g/mol. The van der Waals surface area contributed by atoms with E-state index in [-0.39, 0.29) is 11.0 Å². The Bertz CT molecular complexity index is 581. The quantitative estimate of drug-likeness (QED) is 0.401. The first kappa shape index (κ1) is 19.9. The predicted octanol–water partition coefficient (Wildman–Crippen LogP) is 2.82. The minimum Gasteiger partial charge on any atom is -0.497 e. The van der Waals surface area contributed by atoms with Crippen molar-refractivity contribution < 1.29 is 14.3 Å². The third kappa shape index (κ3) is 6.47. The maximum atomic E-state index is 11.2. The van der Waals surface area contributed by atoms with E-state index in [1.54, 1.807) is 18.2 Å². The number of carbonyl (C=O) groups excluding carboxylic acids is 1. The number of amides is 1. The average Bonchev–Trinajstić information content (AvgIpc) is 2.45. The summed E-state index contributed by atoms with van der Waals surface area (Å²) in [6.45, 7) is 1.30. The SMILES string of the molecule is COc1ccc(OC)c(NC(=S)NC(NC(C)=O)C(Cl)(Cl)Cl)c1. The summed E-state index contributed by atoms with van der Waals surface area (Å²) in [4.78, 5) is 11.2. The van der Waals surface area contributed by atoms with Crippen molar-refractivity contribution in [3.63, 3.8) is 0 Å². The number of alkyl halides is 3. The van der Waals surface area contributed by atoms with E-state index in [1.807, 2.05) is 0 Å².